The molecular weight excluding hydrogens is 120 g/mol. The van der Waals surface area contributed by atoms with Crippen LogP contribution in [-0.4, -0.2) is 23.9 Å². The van der Waals surface area contributed by atoms with Crippen LogP contribution in [0.3, 0.4) is 0 Å². The maximum Gasteiger partial charge on any atom is 0.0675 e. The van der Waals surface area contributed by atoms with Crippen molar-refractivity contribution in [1.29, 1.82) is 0 Å². The van der Waals surface area contributed by atoms with Gasteiger partial charge in [0, 0.05) is 19.3 Å². The molecule has 8 heavy (non-hydrogen) atoms. The van der Waals surface area contributed by atoms with Gasteiger partial charge in [0.05, 0.1) is 5.88 Å². The van der Waals surface area contributed by atoms with Crippen LogP contribution in [0.1, 0.15) is 0 Å². The molecule has 0 spiro atoms. The van der Waals surface area contributed by atoms with Crippen molar-refractivity contribution in [2.24, 2.45) is 5.73 Å². The first-order valence-electron chi connectivity index (χ1n) is 2.66. The molecule has 0 unspecified atom stereocenters. The van der Waals surface area contributed by atoms with Gasteiger partial charge in [-0.15, -0.1) is 11.8 Å². The van der Waals surface area contributed by atoms with Gasteiger partial charge in [0.1, 0.15) is 0 Å². The lowest BCUT2D eigenvalue weighted by molar-refractivity contribution is 0.458. The van der Waals surface area contributed by atoms with Crippen LogP contribution in [0.15, 0.2) is 11.6 Å². The van der Waals surface area contributed by atoms with E-state index in [1.54, 1.807) is 0 Å². The third-order valence-electron chi connectivity index (χ3n) is 1.02. The second-order valence-electron chi connectivity index (χ2n) is 1.68. The van der Waals surface area contributed by atoms with E-state index in [9.17, 15) is 0 Å². The van der Waals surface area contributed by atoms with E-state index in [0.29, 0.717) is 0 Å². The summed E-state index contributed by atoms with van der Waals surface area (Å²) < 4.78 is 0. The van der Waals surface area contributed by atoms with Gasteiger partial charge in [-0.2, -0.15) is 0 Å². The van der Waals surface area contributed by atoms with Gasteiger partial charge in [0.2, 0.25) is 0 Å². The summed E-state index contributed by atoms with van der Waals surface area (Å²) in [4.78, 5) is 2.20. The van der Waals surface area contributed by atoms with E-state index >= 15 is 0 Å². The Morgan fingerprint density at radius 1 is 1.75 bits per heavy atom. The van der Waals surface area contributed by atoms with Crippen LogP contribution in [0.2, 0.25) is 0 Å². The van der Waals surface area contributed by atoms with Crippen LogP contribution in [-0.2, 0) is 0 Å². The summed E-state index contributed by atoms with van der Waals surface area (Å²) in [6.07, 6.45) is 2.08. The average Bonchev–Trinajstić information content (AvgIpc) is 2.19. The molecule has 0 aromatic heterocycles. The molecule has 0 aromatic carbocycles. The molecule has 0 amide bonds. The molecule has 0 aliphatic carbocycles. The van der Waals surface area contributed by atoms with Gasteiger partial charge < -0.3 is 10.6 Å². The molecular formula is C5H10N2S. The Morgan fingerprint density at radius 3 is 3.12 bits per heavy atom. The predicted molar refractivity (Wildman–Crippen MR) is 37.4 cm³/mol. The summed E-state index contributed by atoms with van der Waals surface area (Å²) in [7, 11) is 0. The van der Waals surface area contributed by atoms with Crippen molar-refractivity contribution in [2.75, 3.05) is 19.0 Å². The fourth-order valence-electron chi connectivity index (χ4n) is 0.616. The topological polar surface area (TPSA) is 29.3 Å². The fraction of sp³-hybridized carbons (Fsp3) is 0.600. The second kappa shape index (κ2) is 2.99. The van der Waals surface area contributed by atoms with Crippen LogP contribution in [0.5, 0.6) is 0 Å². The van der Waals surface area contributed by atoms with Crippen LogP contribution < -0.4 is 5.73 Å². The van der Waals surface area contributed by atoms with E-state index in [0.717, 1.165) is 19.0 Å². The third-order valence-corrected chi connectivity index (χ3v) is 1.82. The van der Waals surface area contributed by atoms with Gasteiger partial charge in [0.25, 0.3) is 0 Å². The first-order chi connectivity index (χ1) is 3.93. The van der Waals surface area contributed by atoms with Gasteiger partial charge in [-0.25, -0.2) is 0 Å². The van der Waals surface area contributed by atoms with Gasteiger partial charge in [-0.3, -0.25) is 0 Å². The van der Waals surface area contributed by atoms with E-state index < -0.39 is 0 Å². The SMILES string of the molecule is NCCN1C=CSC1. The Hall–Kier alpha value is -0.150. The highest BCUT2D eigenvalue weighted by atomic mass is 32.2. The Labute approximate surface area is 53.7 Å². The zero-order chi connectivity index (χ0) is 5.82. The average molecular weight is 130 g/mol. The number of nitrogens with two attached hydrogens (primary N) is 1. The maximum absolute atomic E-state index is 5.32. The largest absolute Gasteiger partial charge is 0.366 e. The minimum atomic E-state index is 0.755. The van der Waals surface area contributed by atoms with Crippen LogP contribution in [0.4, 0.5) is 0 Å². The Bertz CT molecular complexity index is 92.4. The summed E-state index contributed by atoms with van der Waals surface area (Å²) in [5, 5.41) is 2.09. The normalized spacial score (nSPS) is 17.9. The van der Waals surface area contributed by atoms with E-state index in [2.05, 4.69) is 16.5 Å². The number of rotatable bonds is 2. The van der Waals surface area contributed by atoms with Crippen molar-refractivity contribution in [2.45, 2.75) is 0 Å². The van der Waals surface area contributed by atoms with Gasteiger partial charge in [-0.05, 0) is 5.41 Å². The van der Waals surface area contributed by atoms with E-state index in [-0.39, 0.29) is 0 Å². The van der Waals surface area contributed by atoms with Crippen molar-refractivity contribution in [3.63, 3.8) is 0 Å². The summed E-state index contributed by atoms with van der Waals surface area (Å²) in [5.41, 5.74) is 5.32. The molecule has 0 radical (unpaired) electrons. The van der Waals surface area contributed by atoms with E-state index in [1.807, 2.05) is 11.8 Å². The molecule has 2 nitrogen and oxygen atoms in total. The Morgan fingerprint density at radius 2 is 2.62 bits per heavy atom. The van der Waals surface area contributed by atoms with Crippen LogP contribution >= 0.6 is 11.8 Å². The predicted octanol–water partition coefficient (Wildman–Crippen LogP) is 0.423. The molecule has 0 atom stereocenters. The molecule has 46 valence electrons. The monoisotopic (exact) mass is 130 g/mol. The van der Waals surface area contributed by atoms with Crippen molar-refractivity contribution >= 4 is 11.8 Å². The molecule has 0 saturated heterocycles. The molecule has 1 rings (SSSR count). The highest BCUT2D eigenvalue weighted by molar-refractivity contribution is 8.02. The number of hydrogen-bond acceptors (Lipinski definition) is 3. The molecule has 0 fully saturated rings. The summed E-state index contributed by atoms with van der Waals surface area (Å²) in [6.45, 7) is 1.74. The van der Waals surface area contributed by atoms with Crippen molar-refractivity contribution in [3.05, 3.63) is 11.6 Å². The first kappa shape index (κ1) is 5.98. The zero-order valence-electron chi connectivity index (χ0n) is 4.71. The van der Waals surface area contributed by atoms with Crippen LogP contribution in [0, 0.1) is 0 Å². The Balaban J connectivity index is 2.16. The number of nitrogens with zero attached hydrogens (tertiary/aromatic N) is 1. The molecule has 0 saturated carbocycles. The van der Waals surface area contributed by atoms with Crippen molar-refractivity contribution in [1.82, 2.24) is 4.90 Å². The standard InChI is InChI=1S/C5H10N2S/c6-1-2-7-3-4-8-5-7/h3-4H,1-2,5-6H2. The van der Waals surface area contributed by atoms with Gasteiger partial charge in [0.15, 0.2) is 0 Å². The lowest BCUT2D eigenvalue weighted by Gasteiger charge is -2.11. The maximum atomic E-state index is 5.32. The van der Waals surface area contributed by atoms with Crippen LogP contribution in [0.25, 0.3) is 0 Å². The minimum Gasteiger partial charge on any atom is -0.366 e. The van der Waals surface area contributed by atoms with Gasteiger partial charge in [-0.1, -0.05) is 0 Å². The first-order valence-corrected chi connectivity index (χ1v) is 3.71. The summed E-state index contributed by atoms with van der Waals surface area (Å²) >= 11 is 1.81. The summed E-state index contributed by atoms with van der Waals surface area (Å²) in [5.74, 6) is 1.08. The molecule has 1 aliphatic heterocycles. The number of thioether (sulfide) groups is 1. The van der Waals surface area contributed by atoms with E-state index in [1.165, 1.54) is 0 Å². The molecule has 2 N–H and O–H groups in total. The lowest BCUT2D eigenvalue weighted by Crippen LogP contribution is -2.21. The smallest absolute Gasteiger partial charge is 0.0675 e. The third kappa shape index (κ3) is 1.42. The van der Waals surface area contributed by atoms with Crippen molar-refractivity contribution < 1.29 is 0 Å². The second-order valence-corrected chi connectivity index (χ2v) is 2.55. The zero-order valence-corrected chi connectivity index (χ0v) is 5.53. The molecule has 1 heterocycles. The molecule has 0 bridgehead atoms. The van der Waals surface area contributed by atoms with Gasteiger partial charge >= 0.3 is 0 Å². The van der Waals surface area contributed by atoms with E-state index in [4.69, 9.17) is 5.73 Å². The summed E-state index contributed by atoms with van der Waals surface area (Å²) in [6, 6.07) is 0. The minimum absolute atomic E-state index is 0.755. The fourth-order valence-corrected chi connectivity index (χ4v) is 1.37. The molecule has 0 aromatic rings. The quantitative estimate of drug-likeness (QED) is 0.587. The molecule has 1 aliphatic rings. The lowest BCUT2D eigenvalue weighted by atomic mass is 10.6. The highest BCUT2D eigenvalue weighted by Gasteiger charge is 2.00. The number of hydrogen-bond donors (Lipinski definition) is 1. The Kier molecular flexibility index (Phi) is 2.24. The highest BCUT2D eigenvalue weighted by Crippen LogP contribution is 2.13. The van der Waals surface area contributed by atoms with Crippen molar-refractivity contribution in [3.8, 4) is 0 Å². The molecule has 3 heteroatoms.